The van der Waals surface area contributed by atoms with E-state index >= 15 is 0 Å². The summed E-state index contributed by atoms with van der Waals surface area (Å²) in [7, 11) is 1.97. The molecule has 0 saturated heterocycles. The summed E-state index contributed by atoms with van der Waals surface area (Å²) in [5.41, 5.74) is 3.56. The summed E-state index contributed by atoms with van der Waals surface area (Å²) in [6, 6.07) is 10.7. The third kappa shape index (κ3) is 2.78. The van der Waals surface area contributed by atoms with Crippen LogP contribution in [0.3, 0.4) is 0 Å². The predicted octanol–water partition coefficient (Wildman–Crippen LogP) is 3.19. The first-order valence-corrected chi connectivity index (χ1v) is 7.60. The first-order chi connectivity index (χ1) is 9.81. The summed E-state index contributed by atoms with van der Waals surface area (Å²) in [4.78, 5) is 7.26. The number of pyridine rings is 1. The molecule has 1 fully saturated rings. The van der Waals surface area contributed by atoms with Crippen molar-refractivity contribution in [1.29, 1.82) is 0 Å². The fourth-order valence-electron chi connectivity index (χ4n) is 2.75. The lowest BCUT2D eigenvalue weighted by atomic mass is 10.1. The molecule has 0 aliphatic heterocycles. The molecule has 2 aromatic rings. The van der Waals surface area contributed by atoms with Gasteiger partial charge in [-0.05, 0) is 44.9 Å². The van der Waals surface area contributed by atoms with Crippen molar-refractivity contribution < 1.29 is 0 Å². The number of rotatable bonds is 6. The summed E-state index contributed by atoms with van der Waals surface area (Å²) in [5, 5.41) is 4.48. The molecule has 1 N–H and O–H groups in total. The van der Waals surface area contributed by atoms with Crippen LogP contribution in [-0.2, 0) is 6.54 Å². The molecule has 1 aromatic carbocycles. The maximum atomic E-state index is 4.75. The number of para-hydroxylation sites is 1. The van der Waals surface area contributed by atoms with Gasteiger partial charge in [-0.2, -0.15) is 0 Å². The average Bonchev–Trinajstić information content (AvgIpc) is 3.28. The van der Waals surface area contributed by atoms with Crippen molar-refractivity contribution in [3.8, 4) is 0 Å². The van der Waals surface area contributed by atoms with Gasteiger partial charge in [0, 0.05) is 30.7 Å². The zero-order valence-corrected chi connectivity index (χ0v) is 12.4. The van der Waals surface area contributed by atoms with Gasteiger partial charge in [0.1, 0.15) is 0 Å². The van der Waals surface area contributed by atoms with E-state index in [1.807, 2.05) is 7.05 Å². The standard InChI is InChI=1S/C17H23N3/c1-3-20(12-13-8-9-13)17-10-14(11-18-2)19-16-7-5-4-6-15(16)17/h4-7,10,13,18H,3,8-9,11-12H2,1-2H3. The van der Waals surface area contributed by atoms with Gasteiger partial charge in [0.2, 0.25) is 0 Å². The van der Waals surface area contributed by atoms with Crippen LogP contribution in [0.5, 0.6) is 0 Å². The molecule has 3 heteroatoms. The van der Waals surface area contributed by atoms with Crippen LogP contribution in [0.15, 0.2) is 30.3 Å². The minimum absolute atomic E-state index is 0.818. The Morgan fingerprint density at radius 1 is 1.30 bits per heavy atom. The number of fused-ring (bicyclic) bond motifs is 1. The Morgan fingerprint density at radius 3 is 2.80 bits per heavy atom. The quantitative estimate of drug-likeness (QED) is 0.873. The third-order valence-corrected chi connectivity index (χ3v) is 4.00. The Morgan fingerprint density at radius 2 is 2.10 bits per heavy atom. The zero-order valence-electron chi connectivity index (χ0n) is 12.4. The molecule has 1 heterocycles. The van der Waals surface area contributed by atoms with Gasteiger partial charge >= 0.3 is 0 Å². The van der Waals surface area contributed by atoms with Crippen molar-refractivity contribution in [3.63, 3.8) is 0 Å². The van der Waals surface area contributed by atoms with Crippen LogP contribution in [0.2, 0.25) is 0 Å². The molecule has 0 atom stereocenters. The van der Waals surface area contributed by atoms with Crippen LogP contribution >= 0.6 is 0 Å². The Bertz CT molecular complexity index is 590. The second-order valence-electron chi connectivity index (χ2n) is 5.66. The highest BCUT2D eigenvalue weighted by molar-refractivity contribution is 5.92. The Balaban J connectivity index is 2.04. The molecule has 1 aromatic heterocycles. The number of anilines is 1. The van der Waals surface area contributed by atoms with Crippen LogP contribution in [0.4, 0.5) is 5.69 Å². The molecule has 106 valence electrons. The third-order valence-electron chi connectivity index (χ3n) is 4.00. The van der Waals surface area contributed by atoms with Crippen LogP contribution < -0.4 is 10.2 Å². The van der Waals surface area contributed by atoms with Gasteiger partial charge in [-0.1, -0.05) is 18.2 Å². The molecule has 1 aliphatic carbocycles. The number of nitrogens with zero attached hydrogens (tertiary/aromatic N) is 2. The summed E-state index contributed by atoms with van der Waals surface area (Å²) < 4.78 is 0. The second kappa shape index (κ2) is 5.80. The van der Waals surface area contributed by atoms with Gasteiger partial charge in [-0.15, -0.1) is 0 Å². The van der Waals surface area contributed by atoms with Crippen molar-refractivity contribution in [2.24, 2.45) is 5.92 Å². The van der Waals surface area contributed by atoms with E-state index in [1.165, 1.54) is 30.5 Å². The molecule has 1 saturated carbocycles. The van der Waals surface area contributed by atoms with Crippen molar-refractivity contribution >= 4 is 16.6 Å². The van der Waals surface area contributed by atoms with Gasteiger partial charge in [0.25, 0.3) is 0 Å². The van der Waals surface area contributed by atoms with Crippen LogP contribution in [-0.4, -0.2) is 25.1 Å². The zero-order chi connectivity index (χ0) is 13.9. The molecule has 20 heavy (non-hydrogen) atoms. The number of hydrogen-bond acceptors (Lipinski definition) is 3. The number of aromatic nitrogens is 1. The van der Waals surface area contributed by atoms with E-state index in [1.54, 1.807) is 0 Å². The maximum absolute atomic E-state index is 4.75. The van der Waals surface area contributed by atoms with Crippen molar-refractivity contribution in [3.05, 3.63) is 36.0 Å². The Kier molecular flexibility index (Phi) is 3.88. The summed E-state index contributed by atoms with van der Waals surface area (Å²) in [6.45, 7) is 5.31. The monoisotopic (exact) mass is 269 g/mol. The fraction of sp³-hybridized carbons (Fsp3) is 0.471. The SMILES string of the molecule is CCN(CC1CC1)c1cc(CNC)nc2ccccc12. The Hall–Kier alpha value is -1.61. The van der Waals surface area contributed by atoms with E-state index < -0.39 is 0 Å². The minimum atomic E-state index is 0.818. The van der Waals surface area contributed by atoms with Crippen molar-refractivity contribution in [2.45, 2.75) is 26.3 Å². The van der Waals surface area contributed by atoms with Crippen molar-refractivity contribution in [1.82, 2.24) is 10.3 Å². The highest BCUT2D eigenvalue weighted by Crippen LogP contribution is 2.33. The van der Waals surface area contributed by atoms with Gasteiger partial charge < -0.3 is 10.2 Å². The number of benzene rings is 1. The van der Waals surface area contributed by atoms with E-state index in [0.29, 0.717) is 0 Å². The fourth-order valence-corrected chi connectivity index (χ4v) is 2.75. The number of nitrogens with one attached hydrogen (secondary N) is 1. The summed E-state index contributed by atoms with van der Waals surface area (Å²) >= 11 is 0. The van der Waals surface area contributed by atoms with Crippen LogP contribution in [0, 0.1) is 5.92 Å². The predicted molar refractivity (Wildman–Crippen MR) is 85.1 cm³/mol. The molecule has 0 unspecified atom stereocenters. The molecule has 0 radical (unpaired) electrons. The lowest BCUT2D eigenvalue weighted by Crippen LogP contribution is -2.26. The van der Waals surface area contributed by atoms with E-state index in [2.05, 4.69) is 47.5 Å². The first kappa shape index (κ1) is 13.4. The molecule has 0 spiro atoms. The van der Waals surface area contributed by atoms with E-state index in [-0.39, 0.29) is 0 Å². The maximum Gasteiger partial charge on any atom is 0.0726 e. The van der Waals surface area contributed by atoms with Gasteiger partial charge in [-0.3, -0.25) is 4.98 Å². The molecular formula is C17H23N3. The normalized spacial score (nSPS) is 14.7. The molecule has 3 rings (SSSR count). The topological polar surface area (TPSA) is 28.2 Å². The second-order valence-corrected chi connectivity index (χ2v) is 5.66. The molecule has 0 bridgehead atoms. The van der Waals surface area contributed by atoms with Crippen molar-refractivity contribution in [2.75, 3.05) is 25.0 Å². The molecule has 3 nitrogen and oxygen atoms in total. The minimum Gasteiger partial charge on any atom is -0.371 e. The average molecular weight is 269 g/mol. The van der Waals surface area contributed by atoms with Crippen LogP contribution in [0.1, 0.15) is 25.5 Å². The summed E-state index contributed by atoms with van der Waals surface area (Å²) in [6.07, 6.45) is 2.78. The van der Waals surface area contributed by atoms with E-state index in [0.717, 1.165) is 30.2 Å². The molecular weight excluding hydrogens is 246 g/mol. The highest BCUT2D eigenvalue weighted by atomic mass is 15.1. The lowest BCUT2D eigenvalue weighted by molar-refractivity contribution is 0.740. The van der Waals surface area contributed by atoms with E-state index in [4.69, 9.17) is 4.98 Å². The summed E-state index contributed by atoms with van der Waals surface area (Å²) in [5.74, 6) is 0.898. The first-order valence-electron chi connectivity index (χ1n) is 7.60. The molecule has 0 amide bonds. The smallest absolute Gasteiger partial charge is 0.0726 e. The van der Waals surface area contributed by atoms with Crippen LogP contribution in [0.25, 0.3) is 10.9 Å². The number of hydrogen-bond donors (Lipinski definition) is 1. The van der Waals surface area contributed by atoms with Gasteiger partial charge in [0.15, 0.2) is 0 Å². The molecule has 1 aliphatic rings. The van der Waals surface area contributed by atoms with E-state index in [9.17, 15) is 0 Å². The largest absolute Gasteiger partial charge is 0.371 e. The van der Waals surface area contributed by atoms with Gasteiger partial charge in [0.05, 0.1) is 11.2 Å². The lowest BCUT2D eigenvalue weighted by Gasteiger charge is -2.25. The highest BCUT2D eigenvalue weighted by Gasteiger charge is 2.24. The van der Waals surface area contributed by atoms with Gasteiger partial charge in [-0.25, -0.2) is 0 Å². The Labute approximate surface area is 121 Å².